The maximum atomic E-state index is 13.1. The first-order chi connectivity index (χ1) is 20.8. The van der Waals surface area contributed by atoms with Gasteiger partial charge in [-0.25, -0.2) is 4.79 Å². The molecule has 1 aromatic heterocycles. The summed E-state index contributed by atoms with van der Waals surface area (Å²) in [6.45, 7) is 3.92. The standard InChI is InChI=1S/C29H26O15/c1-12(30)38-23-20(11-19-21(22(23)35)17(34)10-18(42-19)16-8-6-5-7-9-16)43-29-27(41-15(4)33)25(40-14(3)32)24(39-13(2)31)26(44-29)28(36)37/h5-11,24-27,29,35H,1-4H3,(H,36,37)/t24-,25-,26-,27+,29+/m1/s1. The predicted molar refractivity (Wildman–Crippen MR) is 144 cm³/mol. The number of phenols is 1. The Balaban J connectivity index is 1.90. The van der Waals surface area contributed by atoms with E-state index in [0.29, 0.717) is 5.56 Å². The highest BCUT2D eigenvalue weighted by atomic mass is 16.7. The van der Waals surface area contributed by atoms with Gasteiger partial charge in [-0.3, -0.25) is 24.0 Å². The largest absolute Gasteiger partial charge is 0.504 e. The highest BCUT2D eigenvalue weighted by molar-refractivity contribution is 5.91. The van der Waals surface area contributed by atoms with Crippen LogP contribution in [0.15, 0.2) is 51.7 Å². The molecule has 1 fully saturated rings. The maximum absolute atomic E-state index is 13.1. The number of aliphatic carboxylic acids is 1. The number of carboxylic acid groups (broad SMARTS) is 1. The molecule has 3 aromatic rings. The molecule has 1 saturated heterocycles. The highest BCUT2D eigenvalue weighted by Gasteiger charge is 2.55. The van der Waals surface area contributed by atoms with Gasteiger partial charge in [0.1, 0.15) is 16.7 Å². The molecule has 2 heterocycles. The normalized spacial score (nSPS) is 21.1. The Bertz CT molecular complexity index is 1680. The van der Waals surface area contributed by atoms with Crippen LogP contribution >= 0.6 is 0 Å². The number of ether oxygens (including phenoxy) is 6. The first-order valence-corrected chi connectivity index (χ1v) is 12.9. The number of phenolic OH excluding ortho intramolecular Hbond substituents is 1. The van der Waals surface area contributed by atoms with Gasteiger partial charge >= 0.3 is 29.8 Å². The first kappa shape index (κ1) is 31.5. The van der Waals surface area contributed by atoms with Crippen LogP contribution in [0, 0.1) is 0 Å². The molecule has 0 unspecified atom stereocenters. The van der Waals surface area contributed by atoms with E-state index in [9.17, 15) is 39.0 Å². The summed E-state index contributed by atoms with van der Waals surface area (Å²) < 4.78 is 37.9. The third-order valence-corrected chi connectivity index (χ3v) is 6.10. The molecule has 0 radical (unpaired) electrons. The van der Waals surface area contributed by atoms with Crippen LogP contribution in [0.2, 0.25) is 0 Å². The summed E-state index contributed by atoms with van der Waals surface area (Å²) in [5, 5.41) is 20.5. The van der Waals surface area contributed by atoms with Crippen molar-refractivity contribution in [2.45, 2.75) is 58.4 Å². The highest BCUT2D eigenvalue weighted by Crippen LogP contribution is 2.44. The molecule has 232 valence electrons. The predicted octanol–water partition coefficient (Wildman–Crippen LogP) is 2.07. The summed E-state index contributed by atoms with van der Waals surface area (Å²) in [5.74, 6) is -7.51. The van der Waals surface area contributed by atoms with E-state index in [-0.39, 0.29) is 16.7 Å². The van der Waals surface area contributed by atoms with Crippen molar-refractivity contribution in [1.82, 2.24) is 0 Å². The third-order valence-electron chi connectivity index (χ3n) is 6.10. The van der Waals surface area contributed by atoms with Crippen molar-refractivity contribution < 1.29 is 67.0 Å². The van der Waals surface area contributed by atoms with Crippen LogP contribution in [0.25, 0.3) is 22.3 Å². The van der Waals surface area contributed by atoms with Gasteiger partial charge < -0.3 is 43.1 Å². The van der Waals surface area contributed by atoms with Gasteiger partial charge in [-0.2, -0.15) is 0 Å². The Kier molecular flexibility index (Phi) is 9.18. The van der Waals surface area contributed by atoms with E-state index in [1.165, 1.54) is 0 Å². The van der Waals surface area contributed by atoms with Gasteiger partial charge in [0.05, 0.1) is 0 Å². The number of carboxylic acids is 1. The van der Waals surface area contributed by atoms with E-state index in [0.717, 1.165) is 39.8 Å². The van der Waals surface area contributed by atoms with Crippen LogP contribution in [0.4, 0.5) is 0 Å². The van der Waals surface area contributed by atoms with Crippen molar-refractivity contribution in [3.8, 4) is 28.6 Å². The third kappa shape index (κ3) is 6.78. The summed E-state index contributed by atoms with van der Waals surface area (Å²) in [7, 11) is 0. The van der Waals surface area contributed by atoms with Crippen molar-refractivity contribution in [1.29, 1.82) is 0 Å². The fourth-order valence-corrected chi connectivity index (χ4v) is 4.53. The number of esters is 4. The molecule has 0 amide bonds. The van der Waals surface area contributed by atoms with E-state index in [4.69, 9.17) is 32.8 Å². The Morgan fingerprint density at radius 1 is 0.795 bits per heavy atom. The van der Waals surface area contributed by atoms with Gasteiger partial charge in [-0.1, -0.05) is 30.3 Å². The smallest absolute Gasteiger partial charge is 0.337 e. The second-order valence-electron chi connectivity index (χ2n) is 9.46. The van der Waals surface area contributed by atoms with Crippen molar-refractivity contribution >= 4 is 40.8 Å². The molecule has 0 aliphatic carbocycles. The Hall–Kier alpha value is -5.44. The second kappa shape index (κ2) is 12.8. The lowest BCUT2D eigenvalue weighted by atomic mass is 9.97. The van der Waals surface area contributed by atoms with Crippen LogP contribution in [0.1, 0.15) is 27.7 Å². The number of hydrogen-bond donors (Lipinski definition) is 2. The Labute approximate surface area is 247 Å². The molecule has 15 nitrogen and oxygen atoms in total. The summed E-state index contributed by atoms with van der Waals surface area (Å²) in [5.41, 5.74) is -0.448. The van der Waals surface area contributed by atoms with Gasteiger partial charge in [-0.05, 0) is 0 Å². The summed E-state index contributed by atoms with van der Waals surface area (Å²) in [6.07, 6.45) is -9.33. The van der Waals surface area contributed by atoms with Crippen molar-refractivity contribution in [2.75, 3.05) is 0 Å². The molecule has 0 spiro atoms. The van der Waals surface area contributed by atoms with E-state index in [1.807, 2.05) is 0 Å². The molecule has 15 heteroatoms. The minimum atomic E-state index is -2.03. The lowest BCUT2D eigenvalue weighted by Gasteiger charge is -2.42. The van der Waals surface area contributed by atoms with Crippen LogP contribution in [-0.2, 0) is 42.9 Å². The molecule has 4 rings (SSSR count). The SMILES string of the molecule is CC(=O)Oc1c(O[C@H]2O[C@@H](C(=O)O)[C@H](OC(C)=O)[C@@H](OC(C)=O)[C@@H]2OC(C)=O)cc2oc(-c3ccccc3)cc(=O)c2c1O. The fraction of sp³-hybridized carbons (Fsp3) is 0.310. The van der Waals surface area contributed by atoms with E-state index >= 15 is 0 Å². The number of carbonyl (C=O) groups is 5. The van der Waals surface area contributed by atoms with E-state index < -0.39 is 83.2 Å². The van der Waals surface area contributed by atoms with Gasteiger partial charge in [0.2, 0.25) is 18.1 Å². The fourth-order valence-electron chi connectivity index (χ4n) is 4.53. The van der Waals surface area contributed by atoms with Crippen LogP contribution in [0.5, 0.6) is 17.2 Å². The maximum Gasteiger partial charge on any atom is 0.337 e. The van der Waals surface area contributed by atoms with E-state index in [1.54, 1.807) is 30.3 Å². The molecular weight excluding hydrogens is 588 g/mol. The number of aromatic hydroxyl groups is 1. The summed E-state index contributed by atoms with van der Waals surface area (Å²) in [4.78, 5) is 73.1. The Morgan fingerprint density at radius 3 is 1.95 bits per heavy atom. The quantitative estimate of drug-likeness (QED) is 0.211. The molecular formula is C29H26O15. The van der Waals surface area contributed by atoms with E-state index in [2.05, 4.69) is 0 Å². The van der Waals surface area contributed by atoms with Crippen molar-refractivity contribution in [3.05, 3.63) is 52.7 Å². The number of fused-ring (bicyclic) bond motifs is 1. The van der Waals surface area contributed by atoms with Crippen LogP contribution < -0.4 is 14.9 Å². The number of hydrogen-bond acceptors (Lipinski definition) is 14. The van der Waals surface area contributed by atoms with Gasteiger partial charge in [0, 0.05) is 45.4 Å². The minimum absolute atomic E-state index is 0.102. The average molecular weight is 615 g/mol. The van der Waals surface area contributed by atoms with Gasteiger partial charge in [0.15, 0.2) is 35.2 Å². The zero-order chi connectivity index (χ0) is 32.3. The molecule has 44 heavy (non-hydrogen) atoms. The van der Waals surface area contributed by atoms with Crippen molar-refractivity contribution in [2.24, 2.45) is 0 Å². The van der Waals surface area contributed by atoms with Gasteiger partial charge in [-0.15, -0.1) is 0 Å². The monoisotopic (exact) mass is 614 g/mol. The number of benzene rings is 2. The number of carbonyl (C=O) groups excluding carboxylic acids is 4. The van der Waals surface area contributed by atoms with Crippen molar-refractivity contribution in [3.63, 3.8) is 0 Å². The summed E-state index contributed by atoms with van der Waals surface area (Å²) in [6, 6.07) is 10.6. The molecule has 1 aliphatic heterocycles. The zero-order valence-corrected chi connectivity index (χ0v) is 23.6. The first-order valence-electron chi connectivity index (χ1n) is 12.9. The Morgan fingerprint density at radius 2 is 1.39 bits per heavy atom. The molecule has 0 bridgehead atoms. The second-order valence-corrected chi connectivity index (χ2v) is 9.46. The zero-order valence-electron chi connectivity index (χ0n) is 23.6. The van der Waals surface area contributed by atoms with Crippen LogP contribution in [0.3, 0.4) is 0 Å². The topological polar surface area (TPSA) is 211 Å². The molecule has 2 aromatic carbocycles. The van der Waals surface area contributed by atoms with Gasteiger partial charge in [0.25, 0.3) is 0 Å². The lowest BCUT2D eigenvalue weighted by Crippen LogP contribution is -2.64. The minimum Gasteiger partial charge on any atom is -0.504 e. The van der Waals surface area contributed by atoms with Crippen LogP contribution in [-0.4, -0.2) is 70.8 Å². The molecule has 5 atom stereocenters. The lowest BCUT2D eigenvalue weighted by molar-refractivity contribution is -0.282. The molecule has 1 aliphatic rings. The number of rotatable bonds is 8. The molecule has 2 N–H and O–H groups in total. The molecule has 0 saturated carbocycles. The average Bonchev–Trinajstić information content (AvgIpc) is 2.92. The summed E-state index contributed by atoms with van der Waals surface area (Å²) >= 11 is 0.